The average Bonchev–Trinajstić information content (AvgIpc) is 2.21. The van der Waals surface area contributed by atoms with E-state index in [9.17, 15) is 16.8 Å². The third-order valence-electron chi connectivity index (χ3n) is 2.00. The molecule has 10 heteroatoms. The quantitative estimate of drug-likeness (QED) is 0.366. The highest BCUT2D eigenvalue weighted by molar-refractivity contribution is 8.70. The van der Waals surface area contributed by atoms with Gasteiger partial charge in [-0.2, -0.15) is 16.8 Å². The van der Waals surface area contributed by atoms with Crippen LogP contribution in [-0.4, -0.2) is 37.4 Å². The Bertz CT molecular complexity index is 555. The van der Waals surface area contributed by atoms with Crippen molar-refractivity contribution in [3.63, 3.8) is 0 Å². The van der Waals surface area contributed by atoms with E-state index in [1.165, 1.54) is 0 Å². The van der Waals surface area contributed by atoms with Crippen LogP contribution in [-0.2, 0) is 18.3 Å². The Morgan fingerprint density at radius 2 is 1.55 bits per heavy atom. The highest BCUT2D eigenvalue weighted by Crippen LogP contribution is 2.20. The zero-order valence-corrected chi connectivity index (χ0v) is 14.4. The van der Waals surface area contributed by atoms with Gasteiger partial charge in [-0.25, -0.2) is 0 Å². The predicted molar refractivity (Wildman–Crippen MR) is 84.8 cm³/mol. The minimum absolute atomic E-state index is 0.0228. The van der Waals surface area contributed by atoms with E-state index in [0.29, 0.717) is 40.0 Å². The molecule has 118 valence electrons. The first kappa shape index (κ1) is 20.0. The molecule has 0 heterocycles. The van der Waals surface area contributed by atoms with Crippen LogP contribution in [0.15, 0.2) is 23.3 Å². The summed E-state index contributed by atoms with van der Waals surface area (Å²) < 4.78 is 59.8. The second kappa shape index (κ2) is 9.11. The molecule has 0 aromatic carbocycles. The number of hydrogen-bond acceptors (Lipinski definition) is 6. The Hall–Kier alpha value is -0.000000000000000132. The maximum absolute atomic E-state index is 10.7. The Morgan fingerprint density at radius 3 is 2.00 bits per heavy atom. The smallest absolute Gasteiger partial charge is 0.277 e. The molecule has 0 aliphatic carbocycles. The lowest BCUT2D eigenvalue weighted by molar-refractivity contribution is 0.500. The first-order valence-corrected chi connectivity index (χ1v) is 11.4. The van der Waals surface area contributed by atoms with Gasteiger partial charge in [-0.15, -0.1) is 0 Å². The summed E-state index contributed by atoms with van der Waals surface area (Å²) in [5.74, 6) is 0.0799. The summed E-state index contributed by atoms with van der Waals surface area (Å²) in [5, 5.41) is 0. The van der Waals surface area contributed by atoms with E-state index in [2.05, 4.69) is 0 Å². The zero-order valence-electron chi connectivity index (χ0n) is 11.1. The molecule has 0 aromatic rings. The lowest BCUT2D eigenvalue weighted by Gasteiger charge is -2.05. The molecule has 0 fully saturated rings. The Morgan fingerprint density at radius 1 is 1.00 bits per heavy atom. The van der Waals surface area contributed by atoms with E-state index < -0.39 is 18.3 Å². The number of hydrogen-bond donors (Lipinski definition) is 2. The molecule has 0 saturated carbocycles. The van der Waals surface area contributed by atoms with Crippen LogP contribution in [0.1, 0.15) is 26.7 Å². The first-order chi connectivity index (χ1) is 8.99. The van der Waals surface area contributed by atoms with Crippen LogP contribution >= 0.6 is 21.6 Å². The topological polar surface area (TPSA) is 109 Å². The minimum Gasteiger partial charge on any atom is -0.277 e. The lowest BCUT2D eigenvalue weighted by Crippen LogP contribution is -1.97. The van der Waals surface area contributed by atoms with E-state index in [-0.39, 0.29) is 11.5 Å². The second-order valence-corrected chi connectivity index (χ2v) is 10.8. The van der Waals surface area contributed by atoms with Crippen molar-refractivity contribution in [3.8, 4) is 0 Å². The fraction of sp³-hybridized carbons (Fsp3) is 0.600. The summed E-state index contributed by atoms with van der Waals surface area (Å²) in [6.07, 6.45) is 4.77. The van der Waals surface area contributed by atoms with Crippen molar-refractivity contribution < 1.29 is 25.9 Å². The molecule has 0 bridgehead atoms. The van der Waals surface area contributed by atoms with Gasteiger partial charge in [0.25, 0.3) is 0 Å². The SMILES string of the molecule is CC(C)=CCC/C(=C/CSS(=O)(=O)O)CSS(=O)(=O)O. The Labute approximate surface area is 127 Å². The molecule has 2 N–H and O–H groups in total. The fourth-order valence-electron chi connectivity index (χ4n) is 1.17. The lowest BCUT2D eigenvalue weighted by atomic mass is 10.1. The summed E-state index contributed by atoms with van der Waals surface area (Å²) in [6, 6.07) is 0. The van der Waals surface area contributed by atoms with Crippen molar-refractivity contribution in [1.29, 1.82) is 0 Å². The molecule has 0 radical (unpaired) electrons. The maximum Gasteiger partial charge on any atom is 0.320 e. The van der Waals surface area contributed by atoms with Gasteiger partial charge in [0, 0.05) is 33.1 Å². The van der Waals surface area contributed by atoms with E-state index in [1.807, 2.05) is 19.9 Å². The molecular weight excluding hydrogens is 344 g/mol. The van der Waals surface area contributed by atoms with Crippen LogP contribution in [0.3, 0.4) is 0 Å². The standard InChI is InChI=1S/C10H18O6S4/c1-9(2)4-3-5-10(8-18-20(14,15)16)6-7-17-19(11,12)13/h4,6H,3,5,7-8H2,1-2H3,(H,11,12,13)(H,14,15,16)/b10-6-. The van der Waals surface area contributed by atoms with E-state index in [0.717, 1.165) is 5.57 Å². The molecule has 0 atom stereocenters. The molecule has 0 rings (SSSR count). The predicted octanol–water partition coefficient (Wildman–Crippen LogP) is 2.73. The van der Waals surface area contributed by atoms with Gasteiger partial charge < -0.3 is 0 Å². The normalized spacial score (nSPS) is 13.3. The highest BCUT2D eigenvalue weighted by Gasteiger charge is 2.09. The van der Waals surface area contributed by atoms with Crippen LogP contribution in [0.4, 0.5) is 0 Å². The van der Waals surface area contributed by atoms with Gasteiger partial charge in [0.05, 0.1) is 0 Å². The summed E-state index contributed by atoms with van der Waals surface area (Å²) in [5.41, 5.74) is 1.82. The van der Waals surface area contributed by atoms with Crippen molar-refractivity contribution in [2.45, 2.75) is 26.7 Å². The molecule has 0 aliphatic heterocycles. The van der Waals surface area contributed by atoms with Crippen molar-refractivity contribution >= 4 is 39.9 Å². The third-order valence-corrected chi connectivity index (χ3v) is 5.94. The average molecular weight is 363 g/mol. The van der Waals surface area contributed by atoms with Crippen LogP contribution in [0, 0.1) is 0 Å². The van der Waals surface area contributed by atoms with Crippen LogP contribution < -0.4 is 0 Å². The molecule has 0 aliphatic rings. The fourth-order valence-corrected chi connectivity index (χ4v) is 3.83. The van der Waals surface area contributed by atoms with Gasteiger partial charge in [0.1, 0.15) is 0 Å². The van der Waals surface area contributed by atoms with E-state index >= 15 is 0 Å². The van der Waals surface area contributed by atoms with E-state index in [1.54, 1.807) is 6.08 Å². The minimum atomic E-state index is -4.13. The van der Waals surface area contributed by atoms with Gasteiger partial charge in [-0.3, -0.25) is 9.11 Å². The first-order valence-electron chi connectivity index (χ1n) is 5.54. The maximum atomic E-state index is 10.7. The summed E-state index contributed by atoms with van der Waals surface area (Å²) in [6.45, 7) is 3.87. The number of allylic oxidation sites excluding steroid dienone is 2. The van der Waals surface area contributed by atoms with Gasteiger partial charge in [-0.05, 0) is 26.7 Å². The van der Waals surface area contributed by atoms with Gasteiger partial charge in [-0.1, -0.05) is 23.3 Å². The largest absolute Gasteiger partial charge is 0.320 e. The monoisotopic (exact) mass is 362 g/mol. The van der Waals surface area contributed by atoms with Gasteiger partial charge in [0.15, 0.2) is 0 Å². The Kier molecular flexibility index (Phi) is 9.11. The van der Waals surface area contributed by atoms with Crippen molar-refractivity contribution in [2.75, 3.05) is 11.5 Å². The van der Waals surface area contributed by atoms with E-state index in [4.69, 9.17) is 9.11 Å². The summed E-state index contributed by atoms with van der Waals surface area (Å²) >= 11 is 0. The molecular formula is C10H18O6S4. The number of rotatable bonds is 9. The zero-order chi connectivity index (χ0) is 15.8. The summed E-state index contributed by atoms with van der Waals surface area (Å²) in [4.78, 5) is 0. The molecule has 0 spiro atoms. The molecule has 0 amide bonds. The highest BCUT2D eigenvalue weighted by atomic mass is 33.2. The van der Waals surface area contributed by atoms with Crippen LogP contribution in [0.5, 0.6) is 0 Å². The van der Waals surface area contributed by atoms with Gasteiger partial charge >= 0.3 is 18.3 Å². The summed E-state index contributed by atoms with van der Waals surface area (Å²) in [7, 11) is -7.51. The third kappa shape index (κ3) is 14.4. The molecule has 6 nitrogen and oxygen atoms in total. The Balaban J connectivity index is 4.60. The molecule has 20 heavy (non-hydrogen) atoms. The molecule has 0 unspecified atom stereocenters. The van der Waals surface area contributed by atoms with Crippen LogP contribution in [0.2, 0.25) is 0 Å². The molecule has 0 saturated heterocycles. The van der Waals surface area contributed by atoms with Crippen molar-refractivity contribution in [1.82, 2.24) is 0 Å². The second-order valence-electron chi connectivity index (χ2n) is 4.08. The van der Waals surface area contributed by atoms with Crippen molar-refractivity contribution in [3.05, 3.63) is 23.3 Å². The van der Waals surface area contributed by atoms with Crippen LogP contribution in [0.25, 0.3) is 0 Å². The molecule has 0 aromatic heterocycles. The van der Waals surface area contributed by atoms with Gasteiger partial charge in [0.2, 0.25) is 0 Å². The van der Waals surface area contributed by atoms with Crippen molar-refractivity contribution in [2.24, 2.45) is 0 Å².